The highest BCUT2D eigenvalue weighted by molar-refractivity contribution is 7.89. The summed E-state index contributed by atoms with van der Waals surface area (Å²) in [7, 11) is -3.41. The fourth-order valence-corrected chi connectivity index (χ4v) is 2.99. The number of aromatic nitrogens is 2. The van der Waals surface area contributed by atoms with E-state index in [-0.39, 0.29) is 11.5 Å². The van der Waals surface area contributed by atoms with E-state index in [4.69, 9.17) is 0 Å². The van der Waals surface area contributed by atoms with E-state index < -0.39 is 10.0 Å². The number of rotatable bonds is 3. The number of benzene rings is 2. The minimum atomic E-state index is -3.41. The molecule has 3 aromatic rings. The zero-order chi connectivity index (χ0) is 15.0. The average molecular weight is 302 g/mol. The molecular weight excluding hydrogens is 288 g/mol. The molecule has 6 heteroatoms. The van der Waals surface area contributed by atoms with Crippen LogP contribution in [0.2, 0.25) is 0 Å². The van der Waals surface area contributed by atoms with Crippen molar-refractivity contribution in [2.45, 2.75) is 6.92 Å². The van der Waals surface area contributed by atoms with Crippen molar-refractivity contribution < 1.29 is 13.5 Å². The van der Waals surface area contributed by atoms with Gasteiger partial charge in [0.15, 0.2) is 0 Å². The van der Waals surface area contributed by atoms with E-state index in [1.54, 1.807) is 19.1 Å². The number of fused-ring (bicyclic) bond motifs is 1. The van der Waals surface area contributed by atoms with Crippen LogP contribution in [0, 0.1) is 0 Å². The third-order valence-corrected chi connectivity index (χ3v) is 4.87. The monoisotopic (exact) mass is 302 g/mol. The van der Waals surface area contributed by atoms with Crippen LogP contribution in [0.25, 0.3) is 21.9 Å². The van der Waals surface area contributed by atoms with E-state index in [9.17, 15) is 13.5 Å². The van der Waals surface area contributed by atoms with Gasteiger partial charge >= 0.3 is 0 Å². The van der Waals surface area contributed by atoms with Crippen molar-refractivity contribution in [1.29, 1.82) is 0 Å². The van der Waals surface area contributed by atoms with Crippen LogP contribution in [0.5, 0.6) is 5.75 Å². The lowest BCUT2D eigenvalue weighted by atomic mass is 10.0. The Kier molecular flexibility index (Phi) is 3.17. The van der Waals surface area contributed by atoms with Gasteiger partial charge in [-0.15, -0.1) is 0 Å². The minimum absolute atomic E-state index is 0.0189. The number of nitrogens with zero attached hydrogens (tertiary/aromatic N) is 2. The lowest BCUT2D eigenvalue weighted by Crippen LogP contribution is -2.14. The number of phenolic OH excluding ortho intramolecular Hbond substituents is 1. The Morgan fingerprint density at radius 1 is 1.24 bits per heavy atom. The first-order valence-corrected chi connectivity index (χ1v) is 8.12. The van der Waals surface area contributed by atoms with Crippen LogP contribution in [0.15, 0.2) is 48.8 Å². The molecule has 21 heavy (non-hydrogen) atoms. The second kappa shape index (κ2) is 4.89. The summed E-state index contributed by atoms with van der Waals surface area (Å²) in [5.41, 5.74) is 1.40. The fourth-order valence-electron chi connectivity index (χ4n) is 2.26. The first-order valence-electron chi connectivity index (χ1n) is 6.51. The predicted octanol–water partition coefficient (Wildman–Crippen LogP) is 2.61. The zero-order valence-electron chi connectivity index (χ0n) is 11.4. The maximum Gasteiger partial charge on any atom is 0.253 e. The average Bonchev–Trinajstić information content (AvgIpc) is 2.96. The van der Waals surface area contributed by atoms with Gasteiger partial charge in [0.1, 0.15) is 5.75 Å². The van der Waals surface area contributed by atoms with Crippen molar-refractivity contribution in [2.75, 3.05) is 5.75 Å². The molecule has 0 bridgehead atoms. The highest BCUT2D eigenvalue weighted by Gasteiger charge is 2.14. The molecule has 0 spiro atoms. The molecule has 0 amide bonds. The maximum atomic E-state index is 11.8. The van der Waals surface area contributed by atoms with Crippen molar-refractivity contribution in [1.82, 2.24) is 9.19 Å². The van der Waals surface area contributed by atoms with Crippen molar-refractivity contribution in [2.24, 2.45) is 0 Å². The third kappa shape index (κ3) is 2.38. The molecule has 1 heterocycles. The van der Waals surface area contributed by atoms with Gasteiger partial charge in [-0.3, -0.25) is 0 Å². The summed E-state index contributed by atoms with van der Waals surface area (Å²) in [6.07, 6.45) is 2.97. The van der Waals surface area contributed by atoms with Gasteiger partial charge in [-0.05, 0) is 35.4 Å². The number of aromatic hydroxyl groups is 1. The van der Waals surface area contributed by atoms with Gasteiger partial charge in [-0.2, -0.15) is 9.19 Å². The summed E-state index contributed by atoms with van der Waals surface area (Å²) < 4.78 is 24.6. The van der Waals surface area contributed by atoms with E-state index in [1.165, 1.54) is 12.4 Å². The van der Waals surface area contributed by atoms with Crippen LogP contribution in [0.1, 0.15) is 6.92 Å². The first-order chi connectivity index (χ1) is 10.0. The second-order valence-corrected chi connectivity index (χ2v) is 6.83. The molecule has 3 rings (SSSR count). The van der Waals surface area contributed by atoms with E-state index in [0.717, 1.165) is 20.4 Å². The molecule has 0 saturated heterocycles. The number of hydrogen-bond acceptors (Lipinski definition) is 4. The van der Waals surface area contributed by atoms with Gasteiger partial charge in [0.25, 0.3) is 10.0 Å². The van der Waals surface area contributed by atoms with E-state index in [2.05, 4.69) is 5.10 Å². The second-order valence-electron chi connectivity index (χ2n) is 4.72. The molecule has 5 nitrogen and oxygen atoms in total. The van der Waals surface area contributed by atoms with Crippen LogP contribution in [0.3, 0.4) is 0 Å². The summed E-state index contributed by atoms with van der Waals surface area (Å²) >= 11 is 0. The Morgan fingerprint density at radius 2 is 2.00 bits per heavy atom. The third-order valence-electron chi connectivity index (χ3n) is 3.37. The smallest absolute Gasteiger partial charge is 0.253 e. The number of phenols is 1. The Balaban J connectivity index is 2.22. The molecule has 0 atom stereocenters. The Morgan fingerprint density at radius 3 is 2.76 bits per heavy atom. The van der Waals surface area contributed by atoms with Crippen LogP contribution < -0.4 is 0 Å². The predicted molar refractivity (Wildman–Crippen MR) is 81.7 cm³/mol. The van der Waals surface area contributed by atoms with Crippen molar-refractivity contribution in [3.05, 3.63) is 48.8 Å². The molecule has 0 aliphatic carbocycles. The van der Waals surface area contributed by atoms with Crippen LogP contribution >= 0.6 is 0 Å². The molecule has 0 unspecified atom stereocenters. The van der Waals surface area contributed by atoms with Crippen LogP contribution in [-0.2, 0) is 10.0 Å². The Labute approximate surface area is 122 Å². The van der Waals surface area contributed by atoms with E-state index in [0.29, 0.717) is 5.56 Å². The lowest BCUT2D eigenvalue weighted by molar-refractivity contribution is 0.476. The van der Waals surface area contributed by atoms with Gasteiger partial charge in [-0.25, -0.2) is 8.42 Å². The molecule has 1 N–H and O–H groups in total. The molecule has 2 aromatic carbocycles. The molecule has 0 saturated carbocycles. The van der Waals surface area contributed by atoms with Crippen molar-refractivity contribution >= 4 is 20.8 Å². The van der Waals surface area contributed by atoms with Gasteiger partial charge in [0.05, 0.1) is 18.1 Å². The highest BCUT2D eigenvalue weighted by Crippen LogP contribution is 2.32. The van der Waals surface area contributed by atoms with Gasteiger partial charge in [-0.1, -0.05) is 24.3 Å². The Bertz CT molecular complexity index is 914. The van der Waals surface area contributed by atoms with Crippen molar-refractivity contribution in [3.63, 3.8) is 0 Å². The first kappa shape index (κ1) is 13.6. The quantitative estimate of drug-likeness (QED) is 0.807. The molecule has 0 fully saturated rings. The van der Waals surface area contributed by atoms with Crippen molar-refractivity contribution in [3.8, 4) is 16.9 Å². The molecule has 1 aromatic heterocycles. The molecule has 0 aliphatic heterocycles. The topological polar surface area (TPSA) is 72.2 Å². The number of hydrogen-bond donors (Lipinski definition) is 1. The maximum absolute atomic E-state index is 11.8. The standard InChI is InChI=1S/C15H14N2O3S/c1-2-21(19,20)17-10-12(9-16-17)15-8-13(18)7-11-5-3-4-6-14(11)15/h3-10,18H,2H2,1H3. The largest absolute Gasteiger partial charge is 0.508 e. The van der Waals surface area contributed by atoms with Crippen LogP contribution in [-0.4, -0.2) is 28.5 Å². The normalized spacial score (nSPS) is 11.9. The summed E-state index contributed by atoms with van der Waals surface area (Å²) in [4.78, 5) is 0. The minimum Gasteiger partial charge on any atom is -0.508 e. The molecule has 0 radical (unpaired) electrons. The lowest BCUT2D eigenvalue weighted by Gasteiger charge is -2.05. The highest BCUT2D eigenvalue weighted by atomic mass is 32.2. The zero-order valence-corrected chi connectivity index (χ0v) is 12.2. The molecule has 108 valence electrons. The summed E-state index contributed by atoms with van der Waals surface area (Å²) in [5, 5.41) is 15.6. The Hall–Kier alpha value is -2.34. The van der Waals surface area contributed by atoms with Crippen LogP contribution in [0.4, 0.5) is 0 Å². The van der Waals surface area contributed by atoms with Gasteiger partial charge in [0.2, 0.25) is 0 Å². The fraction of sp³-hybridized carbons (Fsp3) is 0.133. The molecule has 0 aliphatic rings. The SMILES string of the molecule is CCS(=O)(=O)n1cc(-c2cc(O)cc3ccccc23)cn1. The van der Waals surface area contributed by atoms with Gasteiger partial charge in [0, 0.05) is 5.56 Å². The van der Waals surface area contributed by atoms with E-state index >= 15 is 0 Å². The summed E-state index contributed by atoms with van der Waals surface area (Å²) in [6.45, 7) is 1.57. The van der Waals surface area contributed by atoms with Gasteiger partial charge < -0.3 is 5.11 Å². The summed E-state index contributed by atoms with van der Waals surface area (Å²) in [5.74, 6) is 0.115. The molecular formula is C15H14N2O3S. The van der Waals surface area contributed by atoms with E-state index in [1.807, 2.05) is 24.3 Å². The summed E-state index contributed by atoms with van der Waals surface area (Å²) in [6, 6.07) is 10.9.